The van der Waals surface area contributed by atoms with Crippen LogP contribution in [0, 0.1) is 11.8 Å². The minimum atomic E-state index is 0.827. The van der Waals surface area contributed by atoms with Gasteiger partial charge in [-0.25, -0.2) is 0 Å². The zero-order valence-electron chi connectivity index (χ0n) is 13.7. The molecule has 1 N–H and O–H groups in total. The third-order valence-electron chi connectivity index (χ3n) is 4.55. The molecule has 0 aromatic heterocycles. The SMILES string of the molecule is CCCCCCCCNC1CCCC(CC(C)C)C1. The van der Waals surface area contributed by atoms with Crippen molar-refractivity contribution in [1.29, 1.82) is 0 Å². The van der Waals surface area contributed by atoms with Crippen LogP contribution >= 0.6 is 0 Å². The van der Waals surface area contributed by atoms with Crippen molar-refractivity contribution in [1.82, 2.24) is 5.32 Å². The molecule has 1 saturated carbocycles. The predicted octanol–water partition coefficient (Wildman–Crippen LogP) is 5.54. The Labute approximate surface area is 121 Å². The Morgan fingerprint density at radius 1 is 1.00 bits per heavy atom. The van der Waals surface area contributed by atoms with E-state index in [0.717, 1.165) is 17.9 Å². The summed E-state index contributed by atoms with van der Waals surface area (Å²) in [5.74, 6) is 1.87. The van der Waals surface area contributed by atoms with Gasteiger partial charge in [0.15, 0.2) is 0 Å². The maximum absolute atomic E-state index is 3.82. The van der Waals surface area contributed by atoms with E-state index in [2.05, 4.69) is 26.1 Å². The lowest BCUT2D eigenvalue weighted by Gasteiger charge is -2.31. The molecule has 1 fully saturated rings. The van der Waals surface area contributed by atoms with Crippen LogP contribution in [0.4, 0.5) is 0 Å². The molecular weight excluding hydrogens is 230 g/mol. The van der Waals surface area contributed by atoms with Gasteiger partial charge in [0.1, 0.15) is 0 Å². The molecule has 0 radical (unpaired) electrons. The van der Waals surface area contributed by atoms with Gasteiger partial charge in [0.05, 0.1) is 0 Å². The van der Waals surface area contributed by atoms with E-state index in [4.69, 9.17) is 0 Å². The Bertz CT molecular complexity index is 200. The molecule has 0 heterocycles. The molecule has 0 aromatic carbocycles. The molecule has 0 spiro atoms. The van der Waals surface area contributed by atoms with Crippen molar-refractivity contribution >= 4 is 0 Å². The maximum atomic E-state index is 3.82. The lowest BCUT2D eigenvalue weighted by atomic mass is 9.81. The lowest BCUT2D eigenvalue weighted by molar-refractivity contribution is 0.252. The zero-order chi connectivity index (χ0) is 13.9. The topological polar surface area (TPSA) is 12.0 Å². The summed E-state index contributed by atoms with van der Waals surface area (Å²) in [5, 5.41) is 3.82. The van der Waals surface area contributed by atoms with Gasteiger partial charge in [-0.2, -0.15) is 0 Å². The highest BCUT2D eigenvalue weighted by Crippen LogP contribution is 2.29. The summed E-state index contributed by atoms with van der Waals surface area (Å²) in [7, 11) is 0. The average molecular weight is 268 g/mol. The van der Waals surface area contributed by atoms with E-state index in [-0.39, 0.29) is 0 Å². The van der Waals surface area contributed by atoms with Crippen LogP contribution in [0.1, 0.15) is 91.4 Å². The van der Waals surface area contributed by atoms with Crippen molar-refractivity contribution in [3.05, 3.63) is 0 Å². The number of hydrogen-bond donors (Lipinski definition) is 1. The van der Waals surface area contributed by atoms with Gasteiger partial charge in [0, 0.05) is 6.04 Å². The molecule has 2 unspecified atom stereocenters. The molecule has 0 aliphatic heterocycles. The third-order valence-corrected chi connectivity index (χ3v) is 4.55. The normalized spacial score (nSPS) is 24.0. The van der Waals surface area contributed by atoms with Gasteiger partial charge in [-0.1, -0.05) is 65.7 Å². The van der Waals surface area contributed by atoms with Crippen LogP contribution in [0.2, 0.25) is 0 Å². The van der Waals surface area contributed by atoms with Gasteiger partial charge in [-0.3, -0.25) is 0 Å². The van der Waals surface area contributed by atoms with Crippen LogP contribution in [0.5, 0.6) is 0 Å². The van der Waals surface area contributed by atoms with Crippen molar-refractivity contribution in [3.8, 4) is 0 Å². The summed E-state index contributed by atoms with van der Waals surface area (Å²) >= 11 is 0. The third kappa shape index (κ3) is 8.68. The van der Waals surface area contributed by atoms with Crippen LogP contribution in [-0.4, -0.2) is 12.6 Å². The fourth-order valence-electron chi connectivity index (χ4n) is 3.57. The summed E-state index contributed by atoms with van der Waals surface area (Å²) in [6.45, 7) is 8.28. The molecule has 19 heavy (non-hydrogen) atoms. The fourth-order valence-corrected chi connectivity index (χ4v) is 3.57. The van der Waals surface area contributed by atoms with E-state index in [0.29, 0.717) is 0 Å². The maximum Gasteiger partial charge on any atom is 0.00697 e. The second kappa shape index (κ2) is 10.7. The second-order valence-electron chi connectivity index (χ2n) is 7.08. The number of unbranched alkanes of at least 4 members (excludes halogenated alkanes) is 5. The molecule has 1 nitrogen and oxygen atoms in total. The van der Waals surface area contributed by atoms with Gasteiger partial charge >= 0.3 is 0 Å². The quantitative estimate of drug-likeness (QED) is 0.512. The van der Waals surface area contributed by atoms with Gasteiger partial charge < -0.3 is 5.32 Å². The van der Waals surface area contributed by atoms with Crippen molar-refractivity contribution in [2.24, 2.45) is 11.8 Å². The van der Waals surface area contributed by atoms with E-state index in [1.807, 2.05) is 0 Å². The van der Waals surface area contributed by atoms with Crippen molar-refractivity contribution in [2.45, 2.75) is 97.4 Å². The van der Waals surface area contributed by atoms with E-state index in [1.165, 1.54) is 77.2 Å². The molecule has 0 bridgehead atoms. The summed E-state index contributed by atoms with van der Waals surface area (Å²) in [4.78, 5) is 0. The summed E-state index contributed by atoms with van der Waals surface area (Å²) in [6, 6.07) is 0.827. The zero-order valence-corrected chi connectivity index (χ0v) is 13.7. The Morgan fingerprint density at radius 3 is 2.47 bits per heavy atom. The minimum Gasteiger partial charge on any atom is -0.314 e. The molecule has 0 saturated heterocycles. The summed E-state index contributed by atoms with van der Waals surface area (Å²) in [6.07, 6.45) is 15.7. The van der Waals surface area contributed by atoms with Crippen molar-refractivity contribution < 1.29 is 0 Å². The average Bonchev–Trinajstić information content (AvgIpc) is 2.37. The highest BCUT2D eigenvalue weighted by Gasteiger charge is 2.21. The van der Waals surface area contributed by atoms with Gasteiger partial charge in [-0.15, -0.1) is 0 Å². The Balaban J connectivity index is 1.99. The molecule has 1 aliphatic carbocycles. The number of hydrogen-bond acceptors (Lipinski definition) is 1. The van der Waals surface area contributed by atoms with Crippen LogP contribution < -0.4 is 5.32 Å². The highest BCUT2D eigenvalue weighted by molar-refractivity contribution is 4.78. The van der Waals surface area contributed by atoms with E-state index in [9.17, 15) is 0 Å². The molecule has 1 aliphatic rings. The van der Waals surface area contributed by atoms with Crippen LogP contribution in [-0.2, 0) is 0 Å². The first-order valence-electron chi connectivity index (χ1n) is 8.95. The Morgan fingerprint density at radius 2 is 1.74 bits per heavy atom. The van der Waals surface area contributed by atoms with Crippen LogP contribution in [0.3, 0.4) is 0 Å². The summed E-state index contributed by atoms with van der Waals surface area (Å²) in [5.41, 5.74) is 0. The van der Waals surface area contributed by atoms with E-state index < -0.39 is 0 Å². The standard InChI is InChI=1S/C18H37N/c1-4-5-6-7-8-9-13-19-18-12-10-11-17(15-18)14-16(2)3/h16-19H,4-15H2,1-3H3. The van der Waals surface area contributed by atoms with Crippen molar-refractivity contribution in [2.75, 3.05) is 6.54 Å². The molecular formula is C18H37N. The van der Waals surface area contributed by atoms with Crippen LogP contribution in [0.25, 0.3) is 0 Å². The van der Waals surface area contributed by atoms with Crippen LogP contribution in [0.15, 0.2) is 0 Å². The van der Waals surface area contributed by atoms with Gasteiger partial charge in [-0.05, 0) is 44.1 Å². The highest BCUT2D eigenvalue weighted by atomic mass is 14.9. The number of nitrogens with one attached hydrogen (secondary N) is 1. The smallest absolute Gasteiger partial charge is 0.00697 e. The molecule has 114 valence electrons. The van der Waals surface area contributed by atoms with Gasteiger partial charge in [0.25, 0.3) is 0 Å². The first-order chi connectivity index (χ1) is 9.22. The number of rotatable bonds is 10. The molecule has 1 heteroatoms. The predicted molar refractivity (Wildman–Crippen MR) is 86.6 cm³/mol. The molecule has 1 rings (SSSR count). The molecule has 0 aromatic rings. The van der Waals surface area contributed by atoms with E-state index >= 15 is 0 Å². The van der Waals surface area contributed by atoms with Crippen molar-refractivity contribution in [3.63, 3.8) is 0 Å². The minimum absolute atomic E-state index is 0.827. The Kier molecular flexibility index (Phi) is 9.59. The molecule has 2 atom stereocenters. The lowest BCUT2D eigenvalue weighted by Crippen LogP contribution is -2.35. The van der Waals surface area contributed by atoms with E-state index in [1.54, 1.807) is 0 Å². The largest absolute Gasteiger partial charge is 0.314 e. The van der Waals surface area contributed by atoms with Gasteiger partial charge in [0.2, 0.25) is 0 Å². The Hall–Kier alpha value is -0.0400. The molecule has 0 amide bonds. The monoisotopic (exact) mass is 267 g/mol. The first-order valence-corrected chi connectivity index (χ1v) is 8.95. The second-order valence-corrected chi connectivity index (χ2v) is 7.08. The fraction of sp³-hybridized carbons (Fsp3) is 1.00. The first kappa shape index (κ1) is 17.0. The summed E-state index contributed by atoms with van der Waals surface area (Å²) < 4.78 is 0.